The Morgan fingerprint density at radius 1 is 1.06 bits per heavy atom. The van der Waals surface area contributed by atoms with Crippen molar-refractivity contribution in [1.29, 1.82) is 0 Å². The fourth-order valence-corrected chi connectivity index (χ4v) is 4.79. The highest BCUT2D eigenvalue weighted by molar-refractivity contribution is 7.21. The van der Waals surface area contributed by atoms with Crippen LogP contribution < -0.4 is 10.2 Å². The second-order valence-electron chi connectivity index (χ2n) is 7.58. The van der Waals surface area contributed by atoms with Crippen molar-refractivity contribution in [3.05, 3.63) is 82.4 Å². The molecule has 0 aliphatic carbocycles. The summed E-state index contributed by atoms with van der Waals surface area (Å²) in [6.45, 7) is 2.32. The summed E-state index contributed by atoms with van der Waals surface area (Å²) in [5.74, 6) is -0.401. The van der Waals surface area contributed by atoms with E-state index >= 15 is 0 Å². The maximum atomic E-state index is 13.2. The Morgan fingerprint density at radius 3 is 2.67 bits per heavy atom. The molecule has 9 heteroatoms. The van der Waals surface area contributed by atoms with Gasteiger partial charge >= 0.3 is 0 Å². The third-order valence-electron chi connectivity index (χ3n) is 5.45. The van der Waals surface area contributed by atoms with Crippen LogP contribution in [-0.2, 0) is 4.74 Å². The molecule has 0 atom stereocenters. The van der Waals surface area contributed by atoms with E-state index in [2.05, 4.69) is 10.3 Å². The monoisotopic (exact) mass is 460 g/mol. The number of carbonyl (C=O) groups excluding carboxylic acids is 1. The number of aromatic nitrogens is 1. The Hall–Kier alpha value is -3.82. The number of ether oxygens (including phenoxy) is 1. The molecule has 33 heavy (non-hydrogen) atoms. The van der Waals surface area contributed by atoms with Gasteiger partial charge in [0.15, 0.2) is 0 Å². The highest BCUT2D eigenvalue weighted by atomic mass is 32.1. The van der Waals surface area contributed by atoms with Gasteiger partial charge in [-0.3, -0.25) is 14.9 Å². The summed E-state index contributed by atoms with van der Waals surface area (Å²) in [4.78, 5) is 30.8. The van der Waals surface area contributed by atoms with Gasteiger partial charge in [-0.1, -0.05) is 24.3 Å². The standard InChI is InChI=1S/C24H20N4O4S/c29-23(19-15-18(28(30)31)8-9-21(19)27-10-12-32-13-11-27)25-17-5-3-4-16(14-17)24-26-20-6-1-2-7-22(20)33-24/h1-9,14-15H,10-13H2,(H,25,29). The normalized spacial score (nSPS) is 13.8. The summed E-state index contributed by atoms with van der Waals surface area (Å²) >= 11 is 1.58. The van der Waals surface area contributed by atoms with E-state index in [1.54, 1.807) is 23.5 Å². The van der Waals surface area contributed by atoms with Gasteiger partial charge in [0, 0.05) is 36.5 Å². The molecule has 2 heterocycles. The average Bonchev–Trinajstić information content (AvgIpc) is 3.29. The van der Waals surface area contributed by atoms with Crippen LogP contribution in [0.25, 0.3) is 20.8 Å². The molecule has 5 rings (SSSR count). The van der Waals surface area contributed by atoms with Crippen LogP contribution >= 0.6 is 11.3 Å². The molecule has 0 unspecified atom stereocenters. The number of para-hydroxylation sites is 1. The molecule has 1 N–H and O–H groups in total. The number of hydrogen-bond acceptors (Lipinski definition) is 7. The first-order valence-corrected chi connectivity index (χ1v) is 11.3. The first-order chi connectivity index (χ1) is 16.1. The summed E-state index contributed by atoms with van der Waals surface area (Å²) in [6.07, 6.45) is 0. The number of rotatable bonds is 5. The van der Waals surface area contributed by atoms with E-state index in [0.717, 1.165) is 20.8 Å². The smallest absolute Gasteiger partial charge is 0.270 e. The molecule has 3 aromatic carbocycles. The molecule has 1 aromatic heterocycles. The lowest BCUT2D eigenvalue weighted by molar-refractivity contribution is -0.384. The van der Waals surface area contributed by atoms with Crippen molar-refractivity contribution in [2.75, 3.05) is 36.5 Å². The largest absolute Gasteiger partial charge is 0.378 e. The minimum absolute atomic E-state index is 0.125. The lowest BCUT2D eigenvalue weighted by Gasteiger charge is -2.30. The van der Waals surface area contributed by atoms with Crippen LogP contribution in [0.3, 0.4) is 0 Å². The summed E-state index contributed by atoms with van der Waals surface area (Å²) in [6, 6.07) is 19.8. The van der Waals surface area contributed by atoms with Gasteiger partial charge in [0.05, 0.1) is 39.6 Å². The van der Waals surface area contributed by atoms with Crippen molar-refractivity contribution in [1.82, 2.24) is 4.98 Å². The molecule has 4 aromatic rings. The van der Waals surface area contributed by atoms with Crippen LogP contribution in [0.2, 0.25) is 0 Å². The van der Waals surface area contributed by atoms with Crippen molar-refractivity contribution in [3.8, 4) is 10.6 Å². The molecule has 1 aliphatic rings. The number of thiazole rings is 1. The number of benzene rings is 3. The fourth-order valence-electron chi connectivity index (χ4n) is 3.82. The quantitative estimate of drug-likeness (QED) is 0.334. The Kier molecular flexibility index (Phi) is 5.72. The molecule has 1 aliphatic heterocycles. The van der Waals surface area contributed by atoms with Gasteiger partial charge < -0.3 is 15.0 Å². The maximum absolute atomic E-state index is 13.2. The molecule has 1 fully saturated rings. The topological polar surface area (TPSA) is 97.6 Å². The van der Waals surface area contributed by atoms with Gasteiger partial charge in [-0.15, -0.1) is 11.3 Å². The third kappa shape index (κ3) is 4.41. The first-order valence-electron chi connectivity index (χ1n) is 10.5. The minimum atomic E-state index is -0.492. The van der Waals surface area contributed by atoms with Crippen molar-refractivity contribution >= 4 is 44.5 Å². The Balaban J connectivity index is 1.45. The predicted molar refractivity (Wildman–Crippen MR) is 129 cm³/mol. The molecule has 166 valence electrons. The fraction of sp³-hybridized carbons (Fsp3) is 0.167. The molecule has 8 nitrogen and oxygen atoms in total. The molecule has 0 bridgehead atoms. The van der Waals surface area contributed by atoms with E-state index in [1.807, 2.05) is 47.4 Å². The highest BCUT2D eigenvalue weighted by Gasteiger charge is 2.22. The van der Waals surface area contributed by atoms with Crippen molar-refractivity contribution in [2.24, 2.45) is 0 Å². The molecular formula is C24H20N4O4S. The van der Waals surface area contributed by atoms with Gasteiger partial charge in [-0.05, 0) is 30.3 Å². The Bertz CT molecular complexity index is 1310. The zero-order chi connectivity index (χ0) is 22.8. The Labute approximate surface area is 193 Å². The van der Waals surface area contributed by atoms with Crippen LogP contribution in [-0.4, -0.2) is 42.1 Å². The summed E-state index contributed by atoms with van der Waals surface area (Å²) in [5.41, 5.74) is 3.21. The Morgan fingerprint density at radius 2 is 1.88 bits per heavy atom. The SMILES string of the molecule is O=C(Nc1cccc(-c2nc3ccccc3s2)c1)c1cc([N+](=O)[O-])ccc1N1CCOCC1. The van der Waals surface area contributed by atoms with Gasteiger partial charge in [-0.2, -0.15) is 0 Å². The van der Waals surface area contributed by atoms with Gasteiger partial charge in [-0.25, -0.2) is 4.98 Å². The van der Waals surface area contributed by atoms with E-state index in [9.17, 15) is 14.9 Å². The average molecular weight is 461 g/mol. The minimum Gasteiger partial charge on any atom is -0.378 e. The molecule has 0 saturated carbocycles. The maximum Gasteiger partial charge on any atom is 0.270 e. The van der Waals surface area contributed by atoms with Crippen molar-refractivity contribution in [3.63, 3.8) is 0 Å². The summed E-state index contributed by atoms with van der Waals surface area (Å²) in [7, 11) is 0. The zero-order valence-electron chi connectivity index (χ0n) is 17.6. The van der Waals surface area contributed by atoms with Crippen LogP contribution in [0.1, 0.15) is 10.4 Å². The van der Waals surface area contributed by atoms with E-state index in [1.165, 1.54) is 12.1 Å². The number of nitro benzene ring substituents is 1. The number of nitro groups is 1. The molecule has 0 radical (unpaired) electrons. The van der Waals surface area contributed by atoms with Gasteiger partial charge in [0.25, 0.3) is 11.6 Å². The predicted octanol–water partition coefficient (Wildman–Crippen LogP) is 4.96. The molecular weight excluding hydrogens is 440 g/mol. The second-order valence-corrected chi connectivity index (χ2v) is 8.61. The second kappa shape index (κ2) is 8.97. The number of morpholine rings is 1. The number of nitrogens with one attached hydrogen (secondary N) is 1. The number of anilines is 2. The van der Waals surface area contributed by atoms with E-state index in [4.69, 9.17) is 4.74 Å². The lowest BCUT2D eigenvalue weighted by Crippen LogP contribution is -2.37. The van der Waals surface area contributed by atoms with Gasteiger partial charge in [0.2, 0.25) is 0 Å². The van der Waals surface area contributed by atoms with E-state index < -0.39 is 10.8 Å². The first kappa shape index (κ1) is 21.0. The highest BCUT2D eigenvalue weighted by Crippen LogP contribution is 2.32. The molecule has 1 amide bonds. The van der Waals surface area contributed by atoms with E-state index in [0.29, 0.717) is 37.7 Å². The van der Waals surface area contributed by atoms with Crippen LogP contribution in [0.5, 0.6) is 0 Å². The number of carbonyl (C=O) groups is 1. The number of amides is 1. The van der Waals surface area contributed by atoms with Crippen LogP contribution in [0, 0.1) is 10.1 Å². The molecule has 0 spiro atoms. The van der Waals surface area contributed by atoms with E-state index in [-0.39, 0.29) is 11.3 Å². The lowest BCUT2D eigenvalue weighted by atomic mass is 10.1. The van der Waals surface area contributed by atoms with Crippen molar-refractivity contribution < 1.29 is 14.5 Å². The summed E-state index contributed by atoms with van der Waals surface area (Å²) in [5, 5.41) is 15.1. The van der Waals surface area contributed by atoms with Gasteiger partial charge in [0.1, 0.15) is 5.01 Å². The summed E-state index contributed by atoms with van der Waals surface area (Å²) < 4.78 is 6.49. The number of nitrogens with zero attached hydrogens (tertiary/aromatic N) is 3. The van der Waals surface area contributed by atoms with Crippen molar-refractivity contribution in [2.45, 2.75) is 0 Å². The number of hydrogen-bond donors (Lipinski definition) is 1. The number of non-ortho nitro benzene ring substituents is 1. The van der Waals surface area contributed by atoms with Crippen LogP contribution in [0.15, 0.2) is 66.7 Å². The zero-order valence-corrected chi connectivity index (χ0v) is 18.4. The third-order valence-corrected chi connectivity index (χ3v) is 6.53. The van der Waals surface area contributed by atoms with Crippen LogP contribution in [0.4, 0.5) is 17.1 Å². The molecule has 1 saturated heterocycles. The number of fused-ring (bicyclic) bond motifs is 1.